The SMILES string of the molecule is C#CCNC(=O)COC(=O)CCCCc1nc2ccccc2s1. The zero-order valence-electron chi connectivity index (χ0n) is 12.7. The van der Waals surface area contributed by atoms with Crippen LogP contribution in [-0.2, 0) is 20.7 Å². The number of aromatic nitrogens is 1. The second kappa shape index (κ2) is 8.91. The summed E-state index contributed by atoms with van der Waals surface area (Å²) in [6, 6.07) is 8.03. The Morgan fingerprint density at radius 1 is 1.30 bits per heavy atom. The fourth-order valence-electron chi connectivity index (χ4n) is 1.99. The van der Waals surface area contributed by atoms with Gasteiger partial charge in [-0.3, -0.25) is 9.59 Å². The number of amides is 1. The predicted octanol–water partition coefficient (Wildman–Crippen LogP) is 2.30. The number of terminal acetylenes is 1. The van der Waals surface area contributed by atoms with Crippen molar-refractivity contribution < 1.29 is 14.3 Å². The lowest BCUT2D eigenvalue weighted by Crippen LogP contribution is -2.28. The number of hydrogen-bond donors (Lipinski definition) is 1. The number of ether oxygens (including phenoxy) is 1. The molecule has 0 aliphatic carbocycles. The average molecular weight is 330 g/mol. The van der Waals surface area contributed by atoms with Gasteiger partial charge in [-0.25, -0.2) is 4.98 Å². The molecule has 0 fully saturated rings. The number of aryl methyl sites for hydroxylation is 1. The Kier molecular flexibility index (Phi) is 6.57. The number of esters is 1. The zero-order chi connectivity index (χ0) is 16.5. The van der Waals surface area contributed by atoms with Crippen LogP contribution in [0.25, 0.3) is 10.2 Å². The highest BCUT2D eigenvalue weighted by Crippen LogP contribution is 2.22. The lowest BCUT2D eigenvalue weighted by molar-refractivity contribution is -0.148. The first-order chi connectivity index (χ1) is 11.2. The van der Waals surface area contributed by atoms with E-state index in [1.54, 1.807) is 11.3 Å². The third-order valence-corrected chi connectivity index (χ3v) is 4.21. The van der Waals surface area contributed by atoms with Crippen LogP contribution in [0.5, 0.6) is 0 Å². The first-order valence-corrected chi connectivity index (χ1v) is 8.21. The highest BCUT2D eigenvalue weighted by Gasteiger charge is 2.08. The number of thiazole rings is 1. The zero-order valence-corrected chi connectivity index (χ0v) is 13.5. The van der Waals surface area contributed by atoms with Crippen LogP contribution in [0.2, 0.25) is 0 Å². The minimum Gasteiger partial charge on any atom is -0.456 e. The van der Waals surface area contributed by atoms with Crippen LogP contribution in [0, 0.1) is 12.3 Å². The molecule has 1 aromatic carbocycles. The molecule has 0 atom stereocenters. The molecule has 0 saturated carbocycles. The maximum Gasteiger partial charge on any atom is 0.306 e. The van der Waals surface area contributed by atoms with Gasteiger partial charge in [-0.15, -0.1) is 17.8 Å². The van der Waals surface area contributed by atoms with Gasteiger partial charge in [0.25, 0.3) is 5.91 Å². The topological polar surface area (TPSA) is 68.3 Å². The van der Waals surface area contributed by atoms with Gasteiger partial charge in [-0.2, -0.15) is 0 Å². The van der Waals surface area contributed by atoms with Crippen molar-refractivity contribution >= 4 is 33.4 Å². The Labute approximate surface area is 139 Å². The van der Waals surface area contributed by atoms with Crippen molar-refractivity contribution in [2.45, 2.75) is 25.7 Å². The lowest BCUT2D eigenvalue weighted by Gasteiger charge is -2.04. The van der Waals surface area contributed by atoms with Crippen molar-refractivity contribution in [3.8, 4) is 12.3 Å². The second-order valence-corrected chi connectivity index (χ2v) is 6.04. The molecule has 0 aliphatic rings. The third-order valence-electron chi connectivity index (χ3n) is 3.11. The van der Waals surface area contributed by atoms with Crippen LogP contribution in [-0.4, -0.2) is 30.0 Å². The summed E-state index contributed by atoms with van der Waals surface area (Å²) in [7, 11) is 0. The Morgan fingerprint density at radius 2 is 2.13 bits per heavy atom. The fourth-order valence-corrected chi connectivity index (χ4v) is 3.00. The quantitative estimate of drug-likeness (QED) is 0.458. The van der Waals surface area contributed by atoms with Gasteiger partial charge in [0.05, 0.1) is 21.8 Å². The van der Waals surface area contributed by atoms with Crippen molar-refractivity contribution in [2.24, 2.45) is 0 Å². The molecule has 2 rings (SSSR count). The highest BCUT2D eigenvalue weighted by atomic mass is 32.1. The molecule has 23 heavy (non-hydrogen) atoms. The molecule has 1 heterocycles. The molecule has 0 unspecified atom stereocenters. The number of benzene rings is 1. The molecule has 5 nitrogen and oxygen atoms in total. The van der Waals surface area contributed by atoms with E-state index in [1.807, 2.05) is 18.2 Å². The standard InChI is InChI=1S/C17H18N2O3S/c1-2-11-18-15(20)12-22-17(21)10-6-5-9-16-19-13-7-3-4-8-14(13)23-16/h1,3-4,7-8H,5-6,9-12H2,(H,18,20). The molecule has 0 aliphatic heterocycles. The molecular formula is C17H18N2O3S. The van der Waals surface area contributed by atoms with Crippen LogP contribution in [0.3, 0.4) is 0 Å². The Morgan fingerprint density at radius 3 is 2.91 bits per heavy atom. The smallest absolute Gasteiger partial charge is 0.306 e. The van der Waals surface area contributed by atoms with Crippen molar-refractivity contribution in [3.05, 3.63) is 29.3 Å². The van der Waals surface area contributed by atoms with E-state index in [0.717, 1.165) is 23.4 Å². The maximum atomic E-state index is 11.5. The van der Waals surface area contributed by atoms with Crippen molar-refractivity contribution in [1.82, 2.24) is 10.3 Å². The van der Waals surface area contributed by atoms with Gasteiger partial charge in [-0.1, -0.05) is 18.1 Å². The summed E-state index contributed by atoms with van der Waals surface area (Å²) in [4.78, 5) is 27.3. The summed E-state index contributed by atoms with van der Waals surface area (Å²) in [6.07, 6.45) is 7.72. The molecule has 0 saturated heterocycles. The minimum absolute atomic E-state index is 0.137. The van der Waals surface area contributed by atoms with Gasteiger partial charge in [0.15, 0.2) is 6.61 Å². The first-order valence-electron chi connectivity index (χ1n) is 7.39. The molecule has 1 amide bonds. The number of carbonyl (C=O) groups is 2. The van der Waals surface area contributed by atoms with Crippen LogP contribution < -0.4 is 5.32 Å². The summed E-state index contributed by atoms with van der Waals surface area (Å²) in [5.74, 6) is 1.52. The first kappa shape index (κ1) is 17.0. The van der Waals surface area contributed by atoms with E-state index in [2.05, 4.69) is 22.3 Å². The van der Waals surface area contributed by atoms with Crippen molar-refractivity contribution in [3.63, 3.8) is 0 Å². The van der Waals surface area contributed by atoms with Crippen molar-refractivity contribution in [2.75, 3.05) is 13.2 Å². The van der Waals surface area contributed by atoms with Crippen LogP contribution in [0.4, 0.5) is 0 Å². The molecule has 2 aromatic rings. The van der Waals surface area contributed by atoms with Crippen LogP contribution in [0.15, 0.2) is 24.3 Å². The number of hydrogen-bond acceptors (Lipinski definition) is 5. The fraction of sp³-hybridized carbons (Fsp3) is 0.353. The number of carbonyl (C=O) groups excluding carboxylic acids is 2. The molecule has 0 spiro atoms. The van der Waals surface area contributed by atoms with Crippen LogP contribution >= 0.6 is 11.3 Å². The van der Waals surface area contributed by atoms with E-state index in [9.17, 15) is 9.59 Å². The molecule has 6 heteroatoms. The summed E-state index contributed by atoms with van der Waals surface area (Å²) in [5, 5.41) is 3.51. The maximum absolute atomic E-state index is 11.5. The Hall–Kier alpha value is -2.39. The van der Waals surface area contributed by atoms with Gasteiger partial charge in [0.1, 0.15) is 0 Å². The molecule has 1 N–H and O–H groups in total. The molecule has 0 radical (unpaired) electrons. The number of nitrogens with one attached hydrogen (secondary N) is 1. The van der Waals surface area contributed by atoms with E-state index in [0.29, 0.717) is 12.8 Å². The van der Waals surface area contributed by atoms with Gasteiger partial charge in [0.2, 0.25) is 0 Å². The van der Waals surface area contributed by atoms with E-state index >= 15 is 0 Å². The third kappa shape index (κ3) is 5.72. The van der Waals surface area contributed by atoms with Crippen LogP contribution in [0.1, 0.15) is 24.3 Å². The normalized spacial score (nSPS) is 10.2. The minimum atomic E-state index is -0.384. The van der Waals surface area contributed by atoms with E-state index in [1.165, 1.54) is 4.70 Å². The number of unbranched alkanes of at least 4 members (excludes halogenated alkanes) is 1. The van der Waals surface area contributed by atoms with Gasteiger partial charge in [-0.05, 0) is 31.4 Å². The monoisotopic (exact) mass is 330 g/mol. The van der Waals surface area contributed by atoms with Gasteiger partial charge >= 0.3 is 5.97 Å². The molecular weight excluding hydrogens is 312 g/mol. The Balaban J connectivity index is 1.62. The number of para-hydroxylation sites is 1. The summed E-state index contributed by atoms with van der Waals surface area (Å²) < 4.78 is 6.05. The second-order valence-electron chi connectivity index (χ2n) is 4.92. The largest absolute Gasteiger partial charge is 0.456 e. The summed E-state index contributed by atoms with van der Waals surface area (Å²) in [5.41, 5.74) is 1.02. The highest BCUT2D eigenvalue weighted by molar-refractivity contribution is 7.18. The number of rotatable bonds is 8. The average Bonchev–Trinajstić information content (AvgIpc) is 2.97. The number of nitrogens with zero attached hydrogens (tertiary/aromatic N) is 1. The lowest BCUT2D eigenvalue weighted by atomic mass is 10.2. The molecule has 1 aromatic heterocycles. The number of fused-ring (bicyclic) bond motifs is 1. The van der Waals surface area contributed by atoms with E-state index in [-0.39, 0.29) is 25.0 Å². The van der Waals surface area contributed by atoms with Gasteiger partial charge < -0.3 is 10.1 Å². The van der Waals surface area contributed by atoms with Crippen molar-refractivity contribution in [1.29, 1.82) is 0 Å². The molecule has 0 bridgehead atoms. The molecule has 120 valence electrons. The summed E-state index contributed by atoms with van der Waals surface area (Å²) in [6.45, 7) is -0.142. The van der Waals surface area contributed by atoms with Gasteiger partial charge in [0, 0.05) is 6.42 Å². The van der Waals surface area contributed by atoms with E-state index in [4.69, 9.17) is 11.2 Å². The van der Waals surface area contributed by atoms with E-state index < -0.39 is 0 Å². The predicted molar refractivity (Wildman–Crippen MR) is 90.0 cm³/mol. The Bertz CT molecular complexity index is 685. The summed E-state index contributed by atoms with van der Waals surface area (Å²) >= 11 is 1.68.